The Morgan fingerprint density at radius 1 is 1.14 bits per heavy atom. The van der Waals surface area contributed by atoms with Crippen molar-refractivity contribution >= 4 is 39.1 Å². The number of amides is 2. The van der Waals surface area contributed by atoms with E-state index in [0.717, 1.165) is 24.8 Å². The summed E-state index contributed by atoms with van der Waals surface area (Å²) in [4.78, 5) is 26.5. The lowest BCUT2D eigenvalue weighted by Crippen LogP contribution is -2.36. The number of carbonyl (C=O) groups is 2. The highest BCUT2D eigenvalue weighted by Gasteiger charge is 2.13. The molecule has 0 aromatic heterocycles. The highest BCUT2D eigenvalue weighted by atomic mass is 79.9. The Morgan fingerprint density at radius 3 is 2.71 bits per heavy atom. The number of nitrogens with one attached hydrogen (secondary N) is 2. The number of nitrogens with zero attached hydrogens (tertiary/aromatic N) is 1. The van der Waals surface area contributed by atoms with Crippen LogP contribution in [0.5, 0.6) is 0 Å². The topological polar surface area (TPSA) is 70.7 Å². The van der Waals surface area contributed by atoms with Crippen LogP contribution >= 0.6 is 15.9 Å². The zero-order chi connectivity index (χ0) is 19.9. The Labute approximate surface area is 171 Å². The number of carbonyl (C=O) groups excluding carboxylic acids is 2. The summed E-state index contributed by atoms with van der Waals surface area (Å²) < 4.78 is 19.1. The van der Waals surface area contributed by atoms with E-state index in [-0.39, 0.29) is 24.4 Å². The predicted molar refractivity (Wildman–Crippen MR) is 109 cm³/mol. The van der Waals surface area contributed by atoms with Crippen LogP contribution in [0.4, 0.5) is 15.8 Å². The molecule has 0 saturated carbocycles. The fraction of sp³-hybridized carbons (Fsp3) is 0.300. The predicted octanol–water partition coefficient (Wildman–Crippen LogP) is 3.18. The maximum Gasteiger partial charge on any atom is 0.252 e. The van der Waals surface area contributed by atoms with Crippen LogP contribution in [0.1, 0.15) is 16.8 Å². The molecule has 2 aromatic carbocycles. The quantitative estimate of drug-likeness (QED) is 0.710. The maximum absolute atomic E-state index is 13.3. The zero-order valence-electron chi connectivity index (χ0n) is 15.2. The van der Waals surface area contributed by atoms with Gasteiger partial charge in [-0.05, 0) is 52.3 Å². The van der Waals surface area contributed by atoms with Crippen LogP contribution in [0.2, 0.25) is 0 Å². The van der Waals surface area contributed by atoms with E-state index in [1.165, 1.54) is 12.1 Å². The average Bonchev–Trinajstić information content (AvgIpc) is 2.70. The zero-order valence-corrected chi connectivity index (χ0v) is 16.8. The van der Waals surface area contributed by atoms with Crippen molar-refractivity contribution < 1.29 is 18.7 Å². The number of benzene rings is 2. The molecule has 2 N–H and O–H groups in total. The van der Waals surface area contributed by atoms with Gasteiger partial charge in [0.25, 0.3) is 5.91 Å². The van der Waals surface area contributed by atoms with Crippen molar-refractivity contribution in [1.82, 2.24) is 5.32 Å². The second-order valence-corrected chi connectivity index (χ2v) is 7.18. The summed E-state index contributed by atoms with van der Waals surface area (Å²) >= 11 is 3.22. The molecule has 1 saturated heterocycles. The molecule has 8 heteroatoms. The normalized spacial score (nSPS) is 13.9. The molecule has 1 heterocycles. The maximum atomic E-state index is 13.3. The minimum absolute atomic E-state index is 0.112. The number of halogens is 2. The van der Waals surface area contributed by atoms with Gasteiger partial charge in [-0.15, -0.1) is 0 Å². The third-order valence-electron chi connectivity index (χ3n) is 4.32. The summed E-state index contributed by atoms with van der Waals surface area (Å²) in [7, 11) is 0. The largest absolute Gasteiger partial charge is 0.378 e. The lowest BCUT2D eigenvalue weighted by molar-refractivity contribution is -0.116. The van der Waals surface area contributed by atoms with Gasteiger partial charge in [0, 0.05) is 41.9 Å². The summed E-state index contributed by atoms with van der Waals surface area (Å²) in [6.45, 7) is 3.17. The van der Waals surface area contributed by atoms with Gasteiger partial charge in [-0.25, -0.2) is 4.39 Å². The van der Waals surface area contributed by atoms with Gasteiger partial charge in [-0.3, -0.25) is 9.59 Å². The molecule has 0 atom stereocenters. The number of hydrogen-bond acceptors (Lipinski definition) is 4. The van der Waals surface area contributed by atoms with E-state index < -0.39 is 11.7 Å². The van der Waals surface area contributed by atoms with E-state index in [9.17, 15) is 14.0 Å². The van der Waals surface area contributed by atoms with Gasteiger partial charge in [0.05, 0.1) is 18.8 Å². The van der Waals surface area contributed by atoms with E-state index in [4.69, 9.17) is 4.74 Å². The molecule has 0 radical (unpaired) electrons. The first-order valence-electron chi connectivity index (χ1n) is 8.99. The third-order valence-corrected chi connectivity index (χ3v) is 5.01. The molecule has 1 fully saturated rings. The second-order valence-electron chi connectivity index (χ2n) is 6.33. The Hall–Kier alpha value is -2.45. The van der Waals surface area contributed by atoms with Crippen molar-refractivity contribution in [3.05, 3.63) is 58.3 Å². The van der Waals surface area contributed by atoms with Crippen LogP contribution < -0.4 is 15.5 Å². The molecule has 1 aliphatic rings. The lowest BCUT2D eigenvalue weighted by Gasteiger charge is -2.29. The lowest BCUT2D eigenvalue weighted by atomic mass is 10.2. The molecule has 0 aliphatic carbocycles. The van der Waals surface area contributed by atoms with E-state index in [1.807, 2.05) is 24.3 Å². The van der Waals surface area contributed by atoms with Gasteiger partial charge >= 0.3 is 0 Å². The number of ether oxygens (including phenoxy) is 1. The first-order chi connectivity index (χ1) is 13.5. The molecule has 0 bridgehead atoms. The van der Waals surface area contributed by atoms with E-state index in [2.05, 4.69) is 31.5 Å². The molecule has 2 aromatic rings. The highest BCUT2D eigenvalue weighted by molar-refractivity contribution is 9.10. The number of hydrogen-bond donors (Lipinski definition) is 2. The first-order valence-corrected chi connectivity index (χ1v) is 9.78. The summed E-state index contributed by atoms with van der Waals surface area (Å²) in [5.41, 5.74) is 1.93. The molecule has 3 rings (SSSR count). The summed E-state index contributed by atoms with van der Waals surface area (Å²) in [5, 5.41) is 5.47. The number of anilines is 2. The van der Waals surface area contributed by atoms with Gasteiger partial charge in [-0.2, -0.15) is 0 Å². The van der Waals surface area contributed by atoms with Crippen LogP contribution in [-0.2, 0) is 9.53 Å². The molecule has 6 nitrogen and oxygen atoms in total. The Morgan fingerprint density at radius 2 is 1.93 bits per heavy atom. The van der Waals surface area contributed by atoms with Crippen molar-refractivity contribution in [3.8, 4) is 0 Å². The molecule has 148 valence electrons. The Balaban J connectivity index is 1.49. The highest BCUT2D eigenvalue weighted by Crippen LogP contribution is 2.21. The van der Waals surface area contributed by atoms with E-state index >= 15 is 0 Å². The minimum Gasteiger partial charge on any atom is -0.378 e. The molecule has 1 aliphatic heterocycles. The molecule has 2 amide bonds. The third kappa shape index (κ3) is 5.53. The Bertz CT molecular complexity index is 856. The van der Waals surface area contributed by atoms with Gasteiger partial charge < -0.3 is 20.3 Å². The van der Waals surface area contributed by atoms with Gasteiger partial charge in [0.15, 0.2) is 0 Å². The van der Waals surface area contributed by atoms with Crippen molar-refractivity contribution in [2.45, 2.75) is 6.42 Å². The van der Waals surface area contributed by atoms with Crippen molar-refractivity contribution in [1.29, 1.82) is 0 Å². The summed E-state index contributed by atoms with van der Waals surface area (Å²) in [5.74, 6) is -1.14. The van der Waals surface area contributed by atoms with E-state index in [1.54, 1.807) is 0 Å². The minimum atomic E-state index is -0.494. The standard InChI is InChI=1S/C20H21BrFN3O3/c21-18-5-4-14(22)12-17(18)20(27)23-7-6-19(26)24-15-2-1-3-16(13-15)25-8-10-28-11-9-25/h1-5,12-13H,6-11H2,(H,23,27)(H,24,26). The fourth-order valence-electron chi connectivity index (χ4n) is 2.88. The molecular weight excluding hydrogens is 429 g/mol. The average molecular weight is 450 g/mol. The molecule has 0 unspecified atom stereocenters. The van der Waals surface area contributed by atoms with Gasteiger partial charge in [0.2, 0.25) is 5.91 Å². The second kappa shape index (κ2) is 9.66. The van der Waals surface area contributed by atoms with Crippen molar-refractivity contribution in [2.24, 2.45) is 0 Å². The van der Waals surface area contributed by atoms with Crippen LogP contribution in [-0.4, -0.2) is 44.7 Å². The molecule has 28 heavy (non-hydrogen) atoms. The SMILES string of the molecule is O=C(CCNC(=O)c1cc(F)ccc1Br)Nc1cccc(N2CCOCC2)c1. The Kier molecular flexibility index (Phi) is 7.00. The molecular formula is C20H21BrFN3O3. The van der Waals surface area contributed by atoms with E-state index in [0.29, 0.717) is 23.4 Å². The monoisotopic (exact) mass is 449 g/mol. The van der Waals surface area contributed by atoms with Crippen LogP contribution in [0, 0.1) is 5.82 Å². The van der Waals surface area contributed by atoms with Crippen LogP contribution in [0.3, 0.4) is 0 Å². The van der Waals surface area contributed by atoms with Gasteiger partial charge in [-0.1, -0.05) is 6.07 Å². The van der Waals surface area contributed by atoms with Gasteiger partial charge in [0.1, 0.15) is 5.82 Å². The number of morpholine rings is 1. The smallest absolute Gasteiger partial charge is 0.252 e. The van der Waals surface area contributed by atoms with Crippen LogP contribution in [0.15, 0.2) is 46.9 Å². The molecule has 0 spiro atoms. The fourth-order valence-corrected chi connectivity index (χ4v) is 3.31. The van der Waals surface area contributed by atoms with Crippen molar-refractivity contribution in [2.75, 3.05) is 43.1 Å². The number of rotatable bonds is 6. The summed E-state index contributed by atoms with van der Waals surface area (Å²) in [6.07, 6.45) is 0.112. The van der Waals surface area contributed by atoms with Crippen molar-refractivity contribution in [3.63, 3.8) is 0 Å². The summed E-state index contributed by atoms with van der Waals surface area (Å²) in [6, 6.07) is 11.5. The first kappa shape index (κ1) is 20.3. The van der Waals surface area contributed by atoms with Crippen LogP contribution in [0.25, 0.3) is 0 Å².